The van der Waals surface area contributed by atoms with Crippen LogP contribution in [0.15, 0.2) is 0 Å². The third kappa shape index (κ3) is 4.07. The molecule has 1 saturated heterocycles. The first kappa shape index (κ1) is 11.0. The van der Waals surface area contributed by atoms with Gasteiger partial charge in [0.25, 0.3) is 0 Å². The monoisotopic (exact) mass is 187 g/mol. The Morgan fingerprint density at radius 1 is 1.23 bits per heavy atom. The molecular formula is C10H21NO2. The van der Waals surface area contributed by atoms with E-state index in [-0.39, 0.29) is 0 Å². The van der Waals surface area contributed by atoms with Gasteiger partial charge in [0.05, 0.1) is 12.2 Å². The third-order valence-corrected chi connectivity index (χ3v) is 2.38. The fraction of sp³-hybridized carbons (Fsp3) is 1.00. The van der Waals surface area contributed by atoms with E-state index in [1.807, 2.05) is 0 Å². The highest BCUT2D eigenvalue weighted by atomic mass is 16.5. The maximum absolute atomic E-state index is 8.66. The van der Waals surface area contributed by atoms with Gasteiger partial charge in [0.1, 0.15) is 0 Å². The Kier molecular flexibility index (Phi) is 4.70. The highest BCUT2D eigenvalue weighted by Gasteiger charge is 2.21. The normalized spacial score (nSPS) is 30.7. The van der Waals surface area contributed by atoms with Crippen LogP contribution in [0.2, 0.25) is 0 Å². The van der Waals surface area contributed by atoms with Gasteiger partial charge in [-0.2, -0.15) is 0 Å². The van der Waals surface area contributed by atoms with E-state index >= 15 is 0 Å². The van der Waals surface area contributed by atoms with Crippen LogP contribution in [0, 0.1) is 0 Å². The average molecular weight is 187 g/mol. The average Bonchev–Trinajstić information content (AvgIpc) is 2.03. The minimum Gasteiger partial charge on any atom is -0.396 e. The number of hydrogen-bond donors (Lipinski definition) is 1. The van der Waals surface area contributed by atoms with Crippen molar-refractivity contribution in [1.82, 2.24) is 4.90 Å². The van der Waals surface area contributed by atoms with Gasteiger partial charge in [-0.1, -0.05) is 0 Å². The minimum atomic E-state index is 0.315. The van der Waals surface area contributed by atoms with Gasteiger partial charge >= 0.3 is 0 Å². The second-order valence-electron chi connectivity index (χ2n) is 3.95. The SMILES string of the molecule is C[C@@H]1CN(CCCCO)C[C@H](C)O1. The van der Waals surface area contributed by atoms with E-state index in [1.54, 1.807) is 0 Å². The standard InChI is InChI=1S/C10H21NO2/c1-9-7-11(5-3-4-6-12)8-10(2)13-9/h9-10,12H,3-8H2,1-2H3/t9-,10+. The molecule has 0 saturated carbocycles. The Hall–Kier alpha value is -0.120. The smallest absolute Gasteiger partial charge is 0.0678 e. The number of ether oxygens (including phenoxy) is 1. The zero-order chi connectivity index (χ0) is 9.68. The second kappa shape index (κ2) is 5.58. The van der Waals surface area contributed by atoms with Crippen molar-refractivity contribution >= 4 is 0 Å². The zero-order valence-electron chi connectivity index (χ0n) is 8.70. The van der Waals surface area contributed by atoms with E-state index < -0.39 is 0 Å². The summed E-state index contributed by atoms with van der Waals surface area (Å²) in [6, 6.07) is 0. The van der Waals surface area contributed by atoms with E-state index in [0.29, 0.717) is 18.8 Å². The van der Waals surface area contributed by atoms with Gasteiger partial charge in [-0.15, -0.1) is 0 Å². The number of unbranched alkanes of at least 4 members (excludes halogenated alkanes) is 1. The number of nitrogens with zero attached hydrogens (tertiary/aromatic N) is 1. The van der Waals surface area contributed by atoms with E-state index in [4.69, 9.17) is 9.84 Å². The number of rotatable bonds is 4. The van der Waals surface area contributed by atoms with Crippen molar-refractivity contribution in [3.63, 3.8) is 0 Å². The number of morpholine rings is 1. The van der Waals surface area contributed by atoms with Crippen LogP contribution >= 0.6 is 0 Å². The van der Waals surface area contributed by atoms with Crippen molar-refractivity contribution in [1.29, 1.82) is 0 Å². The van der Waals surface area contributed by atoms with Gasteiger partial charge in [-0.25, -0.2) is 0 Å². The lowest BCUT2D eigenvalue weighted by Crippen LogP contribution is -2.45. The molecule has 0 unspecified atom stereocenters. The Balaban J connectivity index is 2.17. The molecule has 0 spiro atoms. The van der Waals surface area contributed by atoms with E-state index in [1.165, 1.54) is 0 Å². The van der Waals surface area contributed by atoms with Crippen molar-refractivity contribution in [3.05, 3.63) is 0 Å². The van der Waals surface area contributed by atoms with Crippen LogP contribution in [0.4, 0.5) is 0 Å². The van der Waals surface area contributed by atoms with Gasteiger partial charge in [0.15, 0.2) is 0 Å². The fourth-order valence-electron chi connectivity index (χ4n) is 1.91. The van der Waals surface area contributed by atoms with Crippen LogP contribution in [0.1, 0.15) is 26.7 Å². The molecular weight excluding hydrogens is 166 g/mol. The summed E-state index contributed by atoms with van der Waals surface area (Å²) in [6.45, 7) is 7.73. The van der Waals surface area contributed by atoms with Crippen LogP contribution in [0.3, 0.4) is 0 Å². The van der Waals surface area contributed by atoms with Crippen molar-refractivity contribution < 1.29 is 9.84 Å². The zero-order valence-corrected chi connectivity index (χ0v) is 8.70. The summed E-state index contributed by atoms with van der Waals surface area (Å²) in [4.78, 5) is 2.43. The van der Waals surface area contributed by atoms with Gasteiger partial charge in [0.2, 0.25) is 0 Å². The van der Waals surface area contributed by atoms with Crippen LogP contribution in [-0.2, 0) is 4.74 Å². The molecule has 1 rings (SSSR count). The first-order valence-electron chi connectivity index (χ1n) is 5.21. The summed E-state index contributed by atoms with van der Waals surface area (Å²) >= 11 is 0. The molecule has 3 heteroatoms. The lowest BCUT2D eigenvalue weighted by atomic mass is 10.2. The van der Waals surface area contributed by atoms with Crippen LogP contribution in [0.5, 0.6) is 0 Å². The molecule has 1 aliphatic heterocycles. The molecule has 1 N–H and O–H groups in total. The van der Waals surface area contributed by atoms with Gasteiger partial charge in [-0.05, 0) is 33.2 Å². The van der Waals surface area contributed by atoms with Gasteiger partial charge in [0, 0.05) is 19.7 Å². The Bertz CT molecular complexity index is 131. The molecule has 0 bridgehead atoms. The van der Waals surface area contributed by atoms with E-state index in [2.05, 4.69) is 18.7 Å². The molecule has 1 fully saturated rings. The lowest BCUT2D eigenvalue weighted by Gasteiger charge is -2.35. The lowest BCUT2D eigenvalue weighted by molar-refractivity contribution is -0.0682. The first-order valence-corrected chi connectivity index (χ1v) is 5.21. The Labute approximate surface area is 80.7 Å². The minimum absolute atomic E-state index is 0.315. The predicted molar refractivity (Wildman–Crippen MR) is 52.8 cm³/mol. The topological polar surface area (TPSA) is 32.7 Å². The van der Waals surface area contributed by atoms with Gasteiger partial charge in [-0.3, -0.25) is 4.90 Å². The van der Waals surface area contributed by atoms with Crippen molar-refractivity contribution in [2.75, 3.05) is 26.2 Å². The molecule has 0 amide bonds. The van der Waals surface area contributed by atoms with E-state index in [9.17, 15) is 0 Å². The molecule has 3 nitrogen and oxygen atoms in total. The number of aliphatic hydroxyl groups is 1. The van der Waals surface area contributed by atoms with Gasteiger partial charge < -0.3 is 9.84 Å². The summed E-state index contributed by atoms with van der Waals surface area (Å²) in [5.41, 5.74) is 0. The quantitative estimate of drug-likeness (QED) is 0.663. The van der Waals surface area contributed by atoms with Crippen molar-refractivity contribution in [3.8, 4) is 0 Å². The summed E-state index contributed by atoms with van der Waals surface area (Å²) in [6.07, 6.45) is 2.73. The summed E-state index contributed by atoms with van der Waals surface area (Å²) < 4.78 is 5.63. The molecule has 0 radical (unpaired) electrons. The summed E-state index contributed by atoms with van der Waals surface area (Å²) in [5.74, 6) is 0. The number of aliphatic hydroxyl groups excluding tert-OH is 1. The Morgan fingerprint density at radius 3 is 2.38 bits per heavy atom. The number of hydrogen-bond acceptors (Lipinski definition) is 3. The highest BCUT2D eigenvalue weighted by molar-refractivity contribution is 4.72. The molecule has 0 aromatic heterocycles. The fourth-order valence-corrected chi connectivity index (χ4v) is 1.91. The maximum Gasteiger partial charge on any atom is 0.0678 e. The first-order chi connectivity index (χ1) is 6.22. The Morgan fingerprint density at radius 2 is 1.85 bits per heavy atom. The molecule has 1 heterocycles. The molecule has 0 aromatic carbocycles. The van der Waals surface area contributed by atoms with Crippen LogP contribution in [-0.4, -0.2) is 48.5 Å². The molecule has 0 aliphatic carbocycles. The largest absolute Gasteiger partial charge is 0.396 e. The molecule has 13 heavy (non-hydrogen) atoms. The van der Waals surface area contributed by atoms with Crippen LogP contribution < -0.4 is 0 Å². The third-order valence-electron chi connectivity index (χ3n) is 2.38. The second-order valence-corrected chi connectivity index (χ2v) is 3.95. The molecule has 1 aliphatic rings. The van der Waals surface area contributed by atoms with Crippen molar-refractivity contribution in [2.24, 2.45) is 0 Å². The molecule has 2 atom stereocenters. The van der Waals surface area contributed by atoms with Crippen LogP contribution in [0.25, 0.3) is 0 Å². The predicted octanol–water partition coefficient (Wildman–Crippen LogP) is 0.868. The molecule has 78 valence electrons. The van der Waals surface area contributed by atoms with E-state index in [0.717, 1.165) is 32.5 Å². The van der Waals surface area contributed by atoms with Crippen molar-refractivity contribution in [2.45, 2.75) is 38.9 Å². The molecule has 0 aromatic rings. The highest BCUT2D eigenvalue weighted by Crippen LogP contribution is 2.10. The summed E-state index contributed by atoms with van der Waals surface area (Å²) in [5, 5.41) is 8.66. The maximum atomic E-state index is 8.66. The summed E-state index contributed by atoms with van der Waals surface area (Å²) in [7, 11) is 0.